The highest BCUT2D eigenvalue weighted by Gasteiger charge is 2.10. The molecule has 0 aliphatic carbocycles. The van der Waals surface area contributed by atoms with E-state index in [0.717, 1.165) is 11.4 Å². The van der Waals surface area contributed by atoms with Gasteiger partial charge in [-0.15, -0.1) is 0 Å². The van der Waals surface area contributed by atoms with Crippen molar-refractivity contribution < 1.29 is 9.90 Å². The molecule has 0 bridgehead atoms. The van der Waals surface area contributed by atoms with Crippen molar-refractivity contribution in [2.75, 3.05) is 0 Å². The summed E-state index contributed by atoms with van der Waals surface area (Å²) in [5, 5.41) is 16.0. The summed E-state index contributed by atoms with van der Waals surface area (Å²) < 4.78 is 1.77. The van der Waals surface area contributed by atoms with Crippen molar-refractivity contribution in [3.05, 3.63) is 48.3 Å². The normalized spacial score (nSPS) is 12.3. The number of benzene rings is 1. The topological polar surface area (TPSA) is 67.2 Å². The van der Waals surface area contributed by atoms with Gasteiger partial charge in [-0.2, -0.15) is 5.10 Å². The summed E-state index contributed by atoms with van der Waals surface area (Å²) >= 11 is 0. The Kier molecular flexibility index (Phi) is 3.74. The van der Waals surface area contributed by atoms with E-state index < -0.39 is 12.0 Å². The zero-order chi connectivity index (χ0) is 13.0. The zero-order valence-electron chi connectivity index (χ0n) is 10.1. The second kappa shape index (κ2) is 5.46. The largest absolute Gasteiger partial charge is 0.480 e. The highest BCUT2D eigenvalue weighted by molar-refractivity contribution is 5.72. The van der Waals surface area contributed by atoms with Crippen LogP contribution in [0.5, 0.6) is 0 Å². The Morgan fingerprint density at radius 1 is 1.39 bits per heavy atom. The van der Waals surface area contributed by atoms with Gasteiger partial charge in [0.15, 0.2) is 0 Å². The van der Waals surface area contributed by atoms with Crippen LogP contribution in [-0.4, -0.2) is 26.9 Å². The lowest BCUT2D eigenvalue weighted by atomic mass is 10.3. The SMILES string of the molecule is C[C@@H](NCc1ccn(-c2ccccc2)n1)C(=O)O. The van der Waals surface area contributed by atoms with E-state index in [1.807, 2.05) is 42.6 Å². The van der Waals surface area contributed by atoms with Crippen molar-refractivity contribution in [2.24, 2.45) is 0 Å². The lowest BCUT2D eigenvalue weighted by Crippen LogP contribution is -2.33. The van der Waals surface area contributed by atoms with Gasteiger partial charge in [-0.05, 0) is 25.1 Å². The maximum Gasteiger partial charge on any atom is 0.320 e. The third kappa shape index (κ3) is 2.95. The molecular formula is C13H15N3O2. The number of carboxylic acids is 1. The van der Waals surface area contributed by atoms with E-state index >= 15 is 0 Å². The van der Waals surface area contributed by atoms with E-state index in [4.69, 9.17) is 5.11 Å². The number of aliphatic carboxylic acids is 1. The van der Waals surface area contributed by atoms with Crippen LogP contribution in [0.4, 0.5) is 0 Å². The van der Waals surface area contributed by atoms with Crippen LogP contribution in [0.1, 0.15) is 12.6 Å². The Morgan fingerprint density at radius 2 is 2.11 bits per heavy atom. The van der Waals surface area contributed by atoms with Crippen LogP contribution in [0.25, 0.3) is 5.69 Å². The van der Waals surface area contributed by atoms with Gasteiger partial charge >= 0.3 is 5.97 Å². The molecule has 5 nitrogen and oxygen atoms in total. The first kappa shape index (κ1) is 12.3. The maximum atomic E-state index is 10.7. The fourth-order valence-corrected chi connectivity index (χ4v) is 1.53. The highest BCUT2D eigenvalue weighted by Crippen LogP contribution is 2.06. The van der Waals surface area contributed by atoms with Gasteiger partial charge in [-0.1, -0.05) is 18.2 Å². The number of rotatable bonds is 5. The molecular weight excluding hydrogens is 230 g/mol. The first-order valence-corrected chi connectivity index (χ1v) is 5.73. The van der Waals surface area contributed by atoms with Crippen LogP contribution < -0.4 is 5.32 Å². The Morgan fingerprint density at radius 3 is 2.78 bits per heavy atom. The minimum atomic E-state index is -0.863. The molecule has 2 aromatic rings. The predicted molar refractivity (Wildman–Crippen MR) is 67.5 cm³/mol. The molecule has 0 spiro atoms. The lowest BCUT2D eigenvalue weighted by molar-refractivity contribution is -0.139. The number of nitrogens with one attached hydrogen (secondary N) is 1. The molecule has 2 N–H and O–H groups in total. The monoisotopic (exact) mass is 245 g/mol. The van der Waals surface area contributed by atoms with Crippen molar-refractivity contribution in [1.29, 1.82) is 0 Å². The quantitative estimate of drug-likeness (QED) is 0.836. The highest BCUT2D eigenvalue weighted by atomic mass is 16.4. The van der Waals surface area contributed by atoms with Crippen molar-refractivity contribution in [3.63, 3.8) is 0 Å². The Balaban J connectivity index is 2.01. The summed E-state index contributed by atoms with van der Waals surface area (Å²) in [7, 11) is 0. The van der Waals surface area contributed by atoms with Crippen LogP contribution in [0, 0.1) is 0 Å². The summed E-state index contributed by atoms with van der Waals surface area (Å²) in [5.74, 6) is -0.863. The lowest BCUT2D eigenvalue weighted by Gasteiger charge is -2.06. The van der Waals surface area contributed by atoms with Crippen LogP contribution in [-0.2, 0) is 11.3 Å². The molecule has 1 aromatic heterocycles. The van der Waals surface area contributed by atoms with E-state index in [9.17, 15) is 4.79 Å². The van der Waals surface area contributed by atoms with Gasteiger partial charge in [-0.3, -0.25) is 10.1 Å². The summed E-state index contributed by atoms with van der Waals surface area (Å²) in [6, 6.07) is 11.1. The number of hydrogen-bond acceptors (Lipinski definition) is 3. The first-order valence-electron chi connectivity index (χ1n) is 5.73. The minimum Gasteiger partial charge on any atom is -0.480 e. The molecule has 0 radical (unpaired) electrons. The van der Waals surface area contributed by atoms with Crippen molar-refractivity contribution in [2.45, 2.75) is 19.5 Å². The second-order valence-electron chi connectivity index (χ2n) is 4.03. The number of carbonyl (C=O) groups is 1. The Hall–Kier alpha value is -2.14. The van der Waals surface area contributed by atoms with Gasteiger partial charge in [0.05, 0.1) is 11.4 Å². The molecule has 0 saturated carbocycles. The van der Waals surface area contributed by atoms with E-state index in [1.165, 1.54) is 0 Å². The molecule has 1 heterocycles. The van der Waals surface area contributed by atoms with E-state index in [0.29, 0.717) is 6.54 Å². The van der Waals surface area contributed by atoms with E-state index in [-0.39, 0.29) is 0 Å². The van der Waals surface area contributed by atoms with E-state index in [1.54, 1.807) is 11.6 Å². The number of para-hydroxylation sites is 1. The number of carboxylic acid groups (broad SMARTS) is 1. The van der Waals surface area contributed by atoms with Crippen molar-refractivity contribution in [3.8, 4) is 5.69 Å². The molecule has 18 heavy (non-hydrogen) atoms. The molecule has 2 rings (SSSR count). The predicted octanol–water partition coefficient (Wildman–Crippen LogP) is 1.44. The Labute approximate surface area is 105 Å². The van der Waals surface area contributed by atoms with E-state index in [2.05, 4.69) is 10.4 Å². The van der Waals surface area contributed by atoms with Gasteiger partial charge in [-0.25, -0.2) is 4.68 Å². The molecule has 0 amide bonds. The molecule has 94 valence electrons. The molecule has 0 saturated heterocycles. The second-order valence-corrected chi connectivity index (χ2v) is 4.03. The van der Waals surface area contributed by atoms with Gasteiger partial charge in [0.1, 0.15) is 6.04 Å². The molecule has 0 unspecified atom stereocenters. The van der Waals surface area contributed by atoms with Gasteiger partial charge in [0.2, 0.25) is 0 Å². The number of aromatic nitrogens is 2. The van der Waals surface area contributed by atoms with Crippen molar-refractivity contribution in [1.82, 2.24) is 15.1 Å². The first-order chi connectivity index (χ1) is 8.66. The van der Waals surface area contributed by atoms with Gasteiger partial charge < -0.3 is 5.11 Å². The van der Waals surface area contributed by atoms with Crippen molar-refractivity contribution >= 4 is 5.97 Å². The smallest absolute Gasteiger partial charge is 0.320 e. The third-order valence-corrected chi connectivity index (χ3v) is 2.62. The molecule has 0 fully saturated rings. The van der Waals surface area contributed by atoms with Crippen LogP contribution in [0.15, 0.2) is 42.6 Å². The summed E-state index contributed by atoms with van der Waals surface area (Å²) in [4.78, 5) is 10.7. The average molecular weight is 245 g/mol. The van der Waals surface area contributed by atoms with Crippen LogP contribution >= 0.6 is 0 Å². The Bertz CT molecular complexity index is 522. The van der Waals surface area contributed by atoms with Crippen LogP contribution in [0.2, 0.25) is 0 Å². The minimum absolute atomic E-state index is 0.438. The molecule has 1 atom stereocenters. The number of nitrogens with zero attached hydrogens (tertiary/aromatic N) is 2. The van der Waals surface area contributed by atoms with Gasteiger partial charge in [0.25, 0.3) is 0 Å². The fraction of sp³-hybridized carbons (Fsp3) is 0.231. The van der Waals surface area contributed by atoms with Crippen LogP contribution in [0.3, 0.4) is 0 Å². The summed E-state index contributed by atoms with van der Waals surface area (Å²) in [5.41, 5.74) is 1.79. The summed E-state index contributed by atoms with van der Waals surface area (Å²) in [6.45, 7) is 2.05. The molecule has 5 heteroatoms. The molecule has 0 aliphatic rings. The fourth-order valence-electron chi connectivity index (χ4n) is 1.53. The number of hydrogen-bond donors (Lipinski definition) is 2. The summed E-state index contributed by atoms with van der Waals surface area (Å²) in [6.07, 6.45) is 1.86. The average Bonchev–Trinajstić information content (AvgIpc) is 2.85. The third-order valence-electron chi connectivity index (χ3n) is 2.62. The molecule has 0 aliphatic heterocycles. The van der Waals surface area contributed by atoms with Gasteiger partial charge in [0, 0.05) is 12.7 Å². The maximum absolute atomic E-state index is 10.7. The zero-order valence-corrected chi connectivity index (χ0v) is 10.1. The molecule has 1 aromatic carbocycles. The standard InChI is InChI=1S/C13H15N3O2/c1-10(13(17)18)14-9-11-7-8-16(15-11)12-5-3-2-4-6-12/h2-8,10,14H,9H2,1H3,(H,17,18)/t10-/m1/s1.